The predicted molar refractivity (Wildman–Crippen MR) is 79.8 cm³/mol. The monoisotopic (exact) mass is 279 g/mol. The molecule has 20 heavy (non-hydrogen) atoms. The van der Waals surface area contributed by atoms with Crippen LogP contribution in [0.25, 0.3) is 0 Å². The highest BCUT2D eigenvalue weighted by Gasteiger charge is 2.17. The van der Waals surface area contributed by atoms with Crippen molar-refractivity contribution in [2.24, 2.45) is 0 Å². The molecule has 1 amide bonds. The molecule has 2 N–H and O–H groups in total. The van der Waals surface area contributed by atoms with Crippen molar-refractivity contribution in [2.75, 3.05) is 13.2 Å². The zero-order valence-electron chi connectivity index (χ0n) is 12.6. The summed E-state index contributed by atoms with van der Waals surface area (Å²) in [6, 6.07) is 7.82. The van der Waals surface area contributed by atoms with E-state index in [1.54, 1.807) is 6.92 Å². The maximum Gasteiger partial charge on any atom is 0.220 e. The highest BCUT2D eigenvalue weighted by molar-refractivity contribution is 5.75. The molecule has 0 radical (unpaired) electrons. The fourth-order valence-corrected chi connectivity index (χ4v) is 1.64. The Morgan fingerprint density at radius 2 is 2.10 bits per heavy atom. The van der Waals surface area contributed by atoms with Crippen LogP contribution in [0.3, 0.4) is 0 Å². The van der Waals surface area contributed by atoms with Crippen LogP contribution in [0.2, 0.25) is 0 Å². The molecular weight excluding hydrogens is 254 g/mol. The number of ether oxygens (including phenoxy) is 1. The van der Waals surface area contributed by atoms with Gasteiger partial charge in [-0.1, -0.05) is 25.1 Å². The Balaban J connectivity index is 2.18. The van der Waals surface area contributed by atoms with Crippen LogP contribution < -0.4 is 10.1 Å². The van der Waals surface area contributed by atoms with E-state index in [0.29, 0.717) is 32.4 Å². The highest BCUT2D eigenvalue weighted by atomic mass is 16.5. The van der Waals surface area contributed by atoms with Crippen molar-refractivity contribution >= 4 is 5.91 Å². The number of hydrogen-bond acceptors (Lipinski definition) is 3. The number of carbonyl (C=O) groups excluding carboxylic acids is 1. The van der Waals surface area contributed by atoms with Gasteiger partial charge in [-0.3, -0.25) is 4.79 Å². The minimum absolute atomic E-state index is 0.0490. The summed E-state index contributed by atoms with van der Waals surface area (Å²) in [5.74, 6) is 0.814. The molecule has 0 bridgehead atoms. The van der Waals surface area contributed by atoms with Gasteiger partial charge in [0.1, 0.15) is 5.75 Å². The summed E-state index contributed by atoms with van der Waals surface area (Å²) in [6.07, 6.45) is 1.68. The molecule has 4 nitrogen and oxygen atoms in total. The molecule has 0 heterocycles. The average molecular weight is 279 g/mol. The number of benzene rings is 1. The van der Waals surface area contributed by atoms with Gasteiger partial charge in [0.15, 0.2) is 0 Å². The Hall–Kier alpha value is -1.55. The second-order valence-corrected chi connectivity index (χ2v) is 5.34. The van der Waals surface area contributed by atoms with Crippen LogP contribution in [-0.4, -0.2) is 29.8 Å². The zero-order valence-corrected chi connectivity index (χ0v) is 12.6. The summed E-state index contributed by atoms with van der Waals surface area (Å²) < 4.78 is 5.62. The number of hydrogen-bond donors (Lipinski definition) is 2. The molecule has 1 unspecified atom stereocenters. The molecule has 1 atom stereocenters. The second-order valence-electron chi connectivity index (χ2n) is 5.34. The molecule has 0 aromatic heterocycles. The molecule has 0 aliphatic heterocycles. The maximum atomic E-state index is 11.6. The van der Waals surface area contributed by atoms with Gasteiger partial charge >= 0.3 is 0 Å². The van der Waals surface area contributed by atoms with Crippen LogP contribution in [0.5, 0.6) is 5.75 Å². The lowest BCUT2D eigenvalue weighted by atomic mass is 10.0. The van der Waals surface area contributed by atoms with E-state index in [1.165, 1.54) is 0 Å². The molecule has 1 aromatic carbocycles. The Kier molecular flexibility index (Phi) is 6.52. The van der Waals surface area contributed by atoms with E-state index in [0.717, 1.165) is 11.3 Å². The summed E-state index contributed by atoms with van der Waals surface area (Å²) in [7, 11) is 0. The van der Waals surface area contributed by atoms with Crippen LogP contribution in [0.15, 0.2) is 24.3 Å². The van der Waals surface area contributed by atoms with Gasteiger partial charge in [-0.15, -0.1) is 0 Å². The van der Waals surface area contributed by atoms with E-state index >= 15 is 0 Å². The third kappa shape index (κ3) is 6.06. The van der Waals surface area contributed by atoms with Crippen LogP contribution in [0.4, 0.5) is 0 Å². The number of aliphatic hydroxyl groups is 1. The first-order valence-electron chi connectivity index (χ1n) is 7.12. The fourth-order valence-electron chi connectivity index (χ4n) is 1.64. The van der Waals surface area contributed by atoms with E-state index in [-0.39, 0.29) is 5.91 Å². The van der Waals surface area contributed by atoms with Crippen molar-refractivity contribution in [1.82, 2.24) is 5.32 Å². The smallest absolute Gasteiger partial charge is 0.220 e. The molecular formula is C16H25NO3. The van der Waals surface area contributed by atoms with Crippen molar-refractivity contribution in [2.45, 2.75) is 45.6 Å². The summed E-state index contributed by atoms with van der Waals surface area (Å²) in [6.45, 7) is 6.41. The number of rotatable bonds is 8. The van der Waals surface area contributed by atoms with E-state index < -0.39 is 5.60 Å². The summed E-state index contributed by atoms with van der Waals surface area (Å²) >= 11 is 0. The molecule has 112 valence electrons. The first-order valence-corrected chi connectivity index (χ1v) is 7.12. The second kappa shape index (κ2) is 7.90. The Bertz CT molecular complexity index is 429. The largest absolute Gasteiger partial charge is 0.493 e. The van der Waals surface area contributed by atoms with Crippen molar-refractivity contribution in [1.29, 1.82) is 0 Å². The highest BCUT2D eigenvalue weighted by Crippen LogP contribution is 2.16. The first-order chi connectivity index (χ1) is 9.44. The number of para-hydroxylation sites is 1. The van der Waals surface area contributed by atoms with Crippen molar-refractivity contribution in [3.05, 3.63) is 29.8 Å². The lowest BCUT2D eigenvalue weighted by Gasteiger charge is -2.21. The number of carbonyl (C=O) groups is 1. The van der Waals surface area contributed by atoms with Gasteiger partial charge in [0.05, 0.1) is 12.2 Å². The van der Waals surface area contributed by atoms with Crippen LogP contribution in [0, 0.1) is 6.92 Å². The van der Waals surface area contributed by atoms with Crippen molar-refractivity contribution in [3.63, 3.8) is 0 Å². The SMILES string of the molecule is CCC(C)(O)CNC(=O)CCCOc1ccccc1C. The Morgan fingerprint density at radius 1 is 1.40 bits per heavy atom. The number of nitrogens with one attached hydrogen (secondary N) is 1. The quantitative estimate of drug-likeness (QED) is 0.719. The molecule has 1 aromatic rings. The van der Waals surface area contributed by atoms with E-state index in [9.17, 15) is 9.90 Å². The van der Waals surface area contributed by atoms with Gasteiger partial charge in [-0.25, -0.2) is 0 Å². The van der Waals surface area contributed by atoms with Gasteiger partial charge in [0.25, 0.3) is 0 Å². The lowest BCUT2D eigenvalue weighted by Crippen LogP contribution is -2.40. The molecule has 4 heteroatoms. The Labute approximate surface area is 121 Å². The van der Waals surface area contributed by atoms with Gasteiger partial charge in [0, 0.05) is 13.0 Å². The molecule has 1 rings (SSSR count). The molecule has 0 saturated carbocycles. The van der Waals surface area contributed by atoms with Crippen molar-refractivity contribution < 1.29 is 14.6 Å². The molecule has 0 saturated heterocycles. The van der Waals surface area contributed by atoms with E-state index in [1.807, 2.05) is 38.1 Å². The minimum Gasteiger partial charge on any atom is -0.493 e. The third-order valence-corrected chi connectivity index (χ3v) is 3.33. The van der Waals surface area contributed by atoms with E-state index in [4.69, 9.17) is 4.74 Å². The maximum absolute atomic E-state index is 11.6. The minimum atomic E-state index is -0.826. The normalized spacial score (nSPS) is 13.6. The molecule has 0 fully saturated rings. The number of amides is 1. The third-order valence-electron chi connectivity index (χ3n) is 3.33. The molecule has 0 spiro atoms. The molecule has 0 aliphatic carbocycles. The van der Waals surface area contributed by atoms with Crippen LogP contribution >= 0.6 is 0 Å². The van der Waals surface area contributed by atoms with Gasteiger partial charge in [-0.05, 0) is 38.3 Å². The summed E-state index contributed by atoms with van der Waals surface area (Å²) in [4.78, 5) is 11.6. The standard InChI is InChI=1S/C16H25NO3/c1-4-16(3,19)12-17-15(18)10-7-11-20-14-9-6-5-8-13(14)2/h5-6,8-9,19H,4,7,10-12H2,1-3H3,(H,17,18). The van der Waals surface area contributed by atoms with Crippen LogP contribution in [0.1, 0.15) is 38.7 Å². The fraction of sp³-hybridized carbons (Fsp3) is 0.562. The lowest BCUT2D eigenvalue weighted by molar-refractivity contribution is -0.122. The average Bonchev–Trinajstić information content (AvgIpc) is 2.43. The summed E-state index contributed by atoms with van der Waals surface area (Å²) in [5.41, 5.74) is 0.267. The molecule has 0 aliphatic rings. The van der Waals surface area contributed by atoms with Gasteiger partial charge in [-0.2, -0.15) is 0 Å². The number of aryl methyl sites for hydroxylation is 1. The summed E-state index contributed by atoms with van der Waals surface area (Å²) in [5, 5.41) is 12.5. The van der Waals surface area contributed by atoms with E-state index in [2.05, 4.69) is 5.32 Å². The van der Waals surface area contributed by atoms with Gasteiger partial charge < -0.3 is 15.2 Å². The Morgan fingerprint density at radius 3 is 2.75 bits per heavy atom. The topological polar surface area (TPSA) is 58.6 Å². The first kappa shape index (κ1) is 16.5. The van der Waals surface area contributed by atoms with Crippen LogP contribution in [-0.2, 0) is 4.79 Å². The predicted octanol–water partition coefficient (Wildman–Crippen LogP) is 2.43. The zero-order chi connectivity index (χ0) is 15.0. The van der Waals surface area contributed by atoms with Crippen molar-refractivity contribution in [3.8, 4) is 5.75 Å². The van der Waals surface area contributed by atoms with Gasteiger partial charge in [0.2, 0.25) is 5.91 Å².